The molecule has 1 saturated heterocycles. The van der Waals surface area contributed by atoms with Crippen molar-refractivity contribution in [2.24, 2.45) is 0 Å². The van der Waals surface area contributed by atoms with E-state index in [-0.39, 0.29) is 5.91 Å². The quantitative estimate of drug-likeness (QED) is 0.825. The van der Waals surface area contributed by atoms with Crippen molar-refractivity contribution in [3.8, 4) is 5.75 Å². The number of carbonyl (C=O) groups excluding carboxylic acids is 1. The first kappa shape index (κ1) is 19.3. The highest BCUT2D eigenvalue weighted by Crippen LogP contribution is 2.21. The first-order chi connectivity index (χ1) is 13.0. The highest BCUT2D eigenvalue weighted by Gasteiger charge is 2.16. The van der Waals surface area contributed by atoms with Gasteiger partial charge in [-0.05, 0) is 74.9 Å². The summed E-state index contributed by atoms with van der Waals surface area (Å²) < 4.78 is 5.86. The molecule has 0 bridgehead atoms. The minimum Gasteiger partial charge on any atom is -0.481 e. The van der Waals surface area contributed by atoms with Crippen molar-refractivity contribution in [3.05, 3.63) is 59.2 Å². The zero-order valence-corrected chi connectivity index (χ0v) is 16.6. The number of anilines is 1. The van der Waals surface area contributed by atoms with Crippen LogP contribution in [-0.4, -0.2) is 25.1 Å². The number of piperidine rings is 1. The van der Waals surface area contributed by atoms with Crippen LogP contribution in [0, 0.1) is 13.8 Å². The average Bonchev–Trinajstić information content (AvgIpc) is 2.70. The molecule has 144 valence electrons. The Balaban J connectivity index is 1.51. The lowest BCUT2D eigenvalue weighted by Crippen LogP contribution is -2.36. The average molecular weight is 367 g/mol. The summed E-state index contributed by atoms with van der Waals surface area (Å²) in [5.41, 5.74) is 4.53. The minimum atomic E-state index is -0.530. The summed E-state index contributed by atoms with van der Waals surface area (Å²) in [5, 5.41) is 2.97. The number of nitrogens with zero attached hydrogens (tertiary/aromatic N) is 1. The van der Waals surface area contributed by atoms with Gasteiger partial charge in [-0.1, -0.05) is 24.3 Å². The Morgan fingerprint density at radius 1 is 1.07 bits per heavy atom. The predicted octanol–water partition coefficient (Wildman–Crippen LogP) is 4.38. The Morgan fingerprint density at radius 2 is 1.78 bits per heavy atom. The molecule has 1 heterocycles. The van der Waals surface area contributed by atoms with Crippen LogP contribution in [0.2, 0.25) is 0 Å². The Kier molecular flexibility index (Phi) is 6.38. The Labute approximate surface area is 162 Å². The molecule has 0 aliphatic carbocycles. The van der Waals surface area contributed by atoms with Gasteiger partial charge in [0.05, 0.1) is 0 Å². The molecule has 27 heavy (non-hydrogen) atoms. The molecule has 4 nitrogen and oxygen atoms in total. The van der Waals surface area contributed by atoms with Crippen molar-refractivity contribution < 1.29 is 9.53 Å². The van der Waals surface area contributed by atoms with Crippen molar-refractivity contribution in [2.45, 2.75) is 52.7 Å². The monoisotopic (exact) mass is 366 g/mol. The molecule has 0 saturated carbocycles. The molecule has 2 aromatic carbocycles. The van der Waals surface area contributed by atoms with E-state index in [1.807, 2.05) is 32.0 Å². The van der Waals surface area contributed by atoms with Crippen LogP contribution in [0.15, 0.2) is 42.5 Å². The van der Waals surface area contributed by atoms with Crippen molar-refractivity contribution in [1.82, 2.24) is 5.32 Å². The number of hydrogen-bond acceptors (Lipinski definition) is 3. The maximum Gasteiger partial charge on any atom is 0.261 e. The topological polar surface area (TPSA) is 41.6 Å². The number of carbonyl (C=O) groups is 1. The van der Waals surface area contributed by atoms with Crippen LogP contribution in [0.3, 0.4) is 0 Å². The SMILES string of the molecule is Cc1ccc(C)c(O[C@H](C)C(=O)NCc2ccc(N3CCCCC3)cc2)c1. The second-order valence-electron chi connectivity index (χ2n) is 7.46. The summed E-state index contributed by atoms with van der Waals surface area (Å²) in [4.78, 5) is 14.8. The maximum absolute atomic E-state index is 12.4. The van der Waals surface area contributed by atoms with Crippen LogP contribution in [0.1, 0.15) is 42.9 Å². The van der Waals surface area contributed by atoms with E-state index in [9.17, 15) is 4.79 Å². The molecule has 1 fully saturated rings. The van der Waals surface area contributed by atoms with E-state index in [0.717, 1.165) is 35.5 Å². The summed E-state index contributed by atoms with van der Waals surface area (Å²) in [6.45, 7) is 8.59. The Hall–Kier alpha value is -2.49. The van der Waals surface area contributed by atoms with Gasteiger partial charge in [0.15, 0.2) is 6.10 Å². The van der Waals surface area contributed by atoms with Crippen molar-refractivity contribution in [3.63, 3.8) is 0 Å². The predicted molar refractivity (Wildman–Crippen MR) is 110 cm³/mol. The van der Waals surface area contributed by atoms with Crippen molar-refractivity contribution >= 4 is 11.6 Å². The normalized spacial score (nSPS) is 15.3. The van der Waals surface area contributed by atoms with Crippen LogP contribution in [0.25, 0.3) is 0 Å². The Morgan fingerprint density at radius 3 is 2.48 bits per heavy atom. The van der Waals surface area contributed by atoms with Gasteiger partial charge >= 0.3 is 0 Å². The molecule has 0 spiro atoms. The molecule has 0 aromatic heterocycles. The van der Waals surface area contributed by atoms with Crippen LogP contribution >= 0.6 is 0 Å². The van der Waals surface area contributed by atoms with E-state index in [1.165, 1.54) is 24.9 Å². The highest BCUT2D eigenvalue weighted by atomic mass is 16.5. The van der Waals surface area contributed by atoms with Crippen LogP contribution < -0.4 is 15.0 Å². The molecular formula is C23H30N2O2. The fourth-order valence-corrected chi connectivity index (χ4v) is 3.39. The number of aryl methyl sites for hydroxylation is 2. The minimum absolute atomic E-state index is 0.101. The first-order valence-electron chi connectivity index (χ1n) is 9.88. The van der Waals surface area contributed by atoms with E-state index in [0.29, 0.717) is 6.54 Å². The second kappa shape index (κ2) is 8.94. The Bertz CT molecular complexity index is 764. The van der Waals surface area contributed by atoms with Gasteiger partial charge < -0.3 is 15.0 Å². The number of benzene rings is 2. The lowest BCUT2D eigenvalue weighted by molar-refractivity contribution is -0.127. The fourth-order valence-electron chi connectivity index (χ4n) is 3.39. The largest absolute Gasteiger partial charge is 0.481 e. The van der Waals surface area contributed by atoms with Crippen molar-refractivity contribution in [1.29, 1.82) is 0 Å². The summed E-state index contributed by atoms with van der Waals surface area (Å²) in [7, 11) is 0. The fraction of sp³-hybridized carbons (Fsp3) is 0.435. The first-order valence-corrected chi connectivity index (χ1v) is 9.88. The van der Waals surface area contributed by atoms with Gasteiger partial charge in [0.1, 0.15) is 5.75 Å². The number of rotatable bonds is 6. The number of amides is 1. The molecule has 0 unspecified atom stereocenters. The van der Waals surface area contributed by atoms with E-state index >= 15 is 0 Å². The molecule has 1 amide bonds. The number of hydrogen-bond donors (Lipinski definition) is 1. The molecule has 4 heteroatoms. The van der Waals surface area contributed by atoms with Gasteiger partial charge in [0.2, 0.25) is 0 Å². The molecule has 0 radical (unpaired) electrons. The van der Waals surface area contributed by atoms with Crippen LogP contribution in [0.5, 0.6) is 5.75 Å². The van der Waals surface area contributed by atoms with Gasteiger partial charge in [-0.15, -0.1) is 0 Å². The van der Waals surface area contributed by atoms with Gasteiger partial charge in [-0.3, -0.25) is 4.79 Å². The third kappa shape index (κ3) is 5.25. The molecular weight excluding hydrogens is 336 g/mol. The molecule has 1 atom stereocenters. The summed E-state index contributed by atoms with van der Waals surface area (Å²) in [6, 6.07) is 14.5. The summed E-state index contributed by atoms with van der Waals surface area (Å²) in [5.74, 6) is 0.666. The third-order valence-electron chi connectivity index (χ3n) is 5.14. The van der Waals surface area contributed by atoms with Crippen molar-refractivity contribution in [2.75, 3.05) is 18.0 Å². The van der Waals surface area contributed by atoms with E-state index in [4.69, 9.17) is 4.74 Å². The zero-order valence-electron chi connectivity index (χ0n) is 16.6. The standard InChI is InChI=1S/C23H30N2O2/c1-17-7-8-18(2)22(15-17)27-19(3)23(26)24-16-20-9-11-21(12-10-20)25-13-5-4-6-14-25/h7-12,15,19H,4-6,13-14,16H2,1-3H3,(H,24,26)/t19-/m1/s1. The van der Waals surface area contributed by atoms with Gasteiger partial charge in [0, 0.05) is 25.3 Å². The van der Waals surface area contributed by atoms with Gasteiger partial charge in [-0.2, -0.15) is 0 Å². The van der Waals surface area contributed by atoms with Gasteiger partial charge in [-0.25, -0.2) is 0 Å². The lowest BCUT2D eigenvalue weighted by atomic mass is 10.1. The molecule has 2 aromatic rings. The second-order valence-corrected chi connectivity index (χ2v) is 7.46. The maximum atomic E-state index is 12.4. The number of ether oxygens (including phenoxy) is 1. The highest BCUT2D eigenvalue weighted by molar-refractivity contribution is 5.80. The van der Waals surface area contributed by atoms with E-state index in [2.05, 4.69) is 34.5 Å². The molecule has 1 aliphatic heterocycles. The third-order valence-corrected chi connectivity index (χ3v) is 5.14. The van der Waals surface area contributed by atoms with Gasteiger partial charge in [0.25, 0.3) is 5.91 Å². The number of nitrogens with one attached hydrogen (secondary N) is 1. The summed E-state index contributed by atoms with van der Waals surface area (Å²) in [6.07, 6.45) is 3.35. The molecule has 1 aliphatic rings. The summed E-state index contributed by atoms with van der Waals surface area (Å²) >= 11 is 0. The smallest absolute Gasteiger partial charge is 0.261 e. The van der Waals surface area contributed by atoms with E-state index in [1.54, 1.807) is 6.92 Å². The van der Waals surface area contributed by atoms with Crippen LogP contribution in [-0.2, 0) is 11.3 Å². The lowest BCUT2D eigenvalue weighted by Gasteiger charge is -2.28. The van der Waals surface area contributed by atoms with Crippen LogP contribution in [0.4, 0.5) is 5.69 Å². The zero-order chi connectivity index (χ0) is 19.2. The molecule has 1 N–H and O–H groups in total. The van der Waals surface area contributed by atoms with E-state index < -0.39 is 6.10 Å². The molecule has 3 rings (SSSR count).